The summed E-state index contributed by atoms with van der Waals surface area (Å²) in [4.78, 5) is 20.0. The molecule has 0 aliphatic carbocycles. The highest BCUT2D eigenvalue weighted by molar-refractivity contribution is 5.87. The number of nitrogens with zero attached hydrogens (tertiary/aromatic N) is 3. The number of rotatable bonds is 3. The number of hydrogen-bond donors (Lipinski definition) is 2. The van der Waals surface area contributed by atoms with Crippen molar-refractivity contribution < 1.29 is 14.3 Å². The molecular weight excluding hydrogens is 248 g/mol. The molecule has 2 rings (SSSR count). The van der Waals surface area contributed by atoms with E-state index in [-0.39, 0.29) is 18.7 Å². The number of carbonyl (C=O) groups excluding carboxylic acids is 1. The Kier molecular flexibility index (Phi) is 4.39. The number of nitrogens with one attached hydrogen (secondary N) is 1. The Morgan fingerprint density at radius 3 is 2.58 bits per heavy atom. The molecule has 2 amide bonds. The molecule has 0 radical (unpaired) electrons. The summed E-state index contributed by atoms with van der Waals surface area (Å²) in [6, 6.07) is 0.0580. The average molecular weight is 268 g/mol. The van der Waals surface area contributed by atoms with Crippen LogP contribution in [0.15, 0.2) is 4.42 Å². The Morgan fingerprint density at radius 1 is 1.37 bits per heavy atom. The molecule has 0 unspecified atom stereocenters. The molecular formula is C12H20N4O3. The molecule has 0 atom stereocenters. The molecule has 19 heavy (non-hydrogen) atoms. The number of amides is 2. The van der Waals surface area contributed by atoms with E-state index in [4.69, 9.17) is 9.52 Å². The first-order valence-electron chi connectivity index (χ1n) is 6.43. The molecule has 2 heterocycles. The largest absolute Gasteiger partial charge is 0.428 e. The van der Waals surface area contributed by atoms with Gasteiger partial charge in [0.25, 0.3) is 0 Å². The highest BCUT2D eigenvalue weighted by Gasteiger charge is 2.21. The predicted molar refractivity (Wildman–Crippen MR) is 70.1 cm³/mol. The lowest BCUT2D eigenvalue weighted by Crippen LogP contribution is -2.50. The fourth-order valence-corrected chi connectivity index (χ4v) is 2.01. The fraction of sp³-hybridized carbons (Fsp3) is 0.667. The van der Waals surface area contributed by atoms with Crippen LogP contribution in [-0.4, -0.2) is 65.3 Å². The van der Waals surface area contributed by atoms with Crippen molar-refractivity contribution in [3.05, 3.63) is 11.5 Å². The van der Waals surface area contributed by atoms with Crippen LogP contribution in [0.3, 0.4) is 0 Å². The molecule has 0 spiro atoms. The minimum atomic E-state index is -0.190. The van der Waals surface area contributed by atoms with Crippen LogP contribution in [-0.2, 0) is 0 Å². The summed E-state index contributed by atoms with van der Waals surface area (Å²) in [7, 11) is 0. The van der Waals surface area contributed by atoms with Crippen LogP contribution in [0.2, 0.25) is 0 Å². The molecule has 0 aromatic carbocycles. The monoisotopic (exact) mass is 268 g/mol. The van der Waals surface area contributed by atoms with E-state index in [1.54, 1.807) is 4.90 Å². The first-order valence-corrected chi connectivity index (χ1v) is 6.43. The number of aromatic nitrogens is 1. The predicted octanol–water partition coefficient (Wildman–Crippen LogP) is 0.433. The number of oxazole rings is 1. The highest BCUT2D eigenvalue weighted by Crippen LogP contribution is 2.13. The molecule has 7 nitrogen and oxygen atoms in total. The van der Waals surface area contributed by atoms with Crippen LogP contribution in [0.25, 0.3) is 0 Å². The molecule has 7 heteroatoms. The Morgan fingerprint density at radius 2 is 2.05 bits per heavy atom. The van der Waals surface area contributed by atoms with Gasteiger partial charge in [0, 0.05) is 32.7 Å². The van der Waals surface area contributed by atoms with E-state index in [9.17, 15) is 4.79 Å². The molecule has 1 aliphatic rings. The van der Waals surface area contributed by atoms with Gasteiger partial charge in [-0.05, 0) is 13.8 Å². The molecule has 0 bridgehead atoms. The standard InChI is InChI=1S/C12H20N4O3/c1-9-10(2)19-11(13-9)14-12(18)16-5-3-15(4-6-16)7-8-17/h17H,3-8H2,1-2H3,(H,13,14,18). The zero-order valence-electron chi connectivity index (χ0n) is 11.3. The van der Waals surface area contributed by atoms with Crippen molar-refractivity contribution in [3.63, 3.8) is 0 Å². The maximum atomic E-state index is 12.0. The third kappa shape index (κ3) is 3.45. The maximum absolute atomic E-state index is 12.0. The van der Waals surface area contributed by atoms with Crippen LogP contribution < -0.4 is 5.32 Å². The summed E-state index contributed by atoms with van der Waals surface area (Å²) < 4.78 is 5.32. The molecule has 0 saturated carbocycles. The molecule has 1 fully saturated rings. The second kappa shape index (κ2) is 6.03. The summed E-state index contributed by atoms with van der Waals surface area (Å²) in [5, 5.41) is 11.5. The van der Waals surface area contributed by atoms with Crippen molar-refractivity contribution in [2.45, 2.75) is 13.8 Å². The van der Waals surface area contributed by atoms with E-state index in [0.29, 0.717) is 25.4 Å². The molecule has 106 valence electrons. The number of piperazine rings is 1. The third-order valence-corrected chi connectivity index (χ3v) is 3.32. The van der Waals surface area contributed by atoms with E-state index in [1.807, 2.05) is 13.8 Å². The van der Waals surface area contributed by atoms with E-state index >= 15 is 0 Å². The van der Waals surface area contributed by atoms with Crippen molar-refractivity contribution >= 4 is 12.0 Å². The van der Waals surface area contributed by atoms with Gasteiger partial charge in [0.15, 0.2) is 0 Å². The summed E-state index contributed by atoms with van der Waals surface area (Å²) in [5.74, 6) is 0.711. The lowest BCUT2D eigenvalue weighted by Gasteiger charge is -2.33. The Balaban J connectivity index is 1.84. The van der Waals surface area contributed by atoms with Gasteiger partial charge >= 0.3 is 12.0 Å². The summed E-state index contributed by atoms with van der Waals surface area (Å²) in [6.07, 6.45) is 0. The number of β-amino-alcohol motifs (C(OH)–C–C–N with tert-alkyl or cyclic N) is 1. The lowest BCUT2D eigenvalue weighted by molar-refractivity contribution is 0.127. The van der Waals surface area contributed by atoms with Crippen LogP contribution in [0.5, 0.6) is 0 Å². The number of aryl methyl sites for hydroxylation is 2. The van der Waals surface area contributed by atoms with Gasteiger partial charge in [0.1, 0.15) is 5.76 Å². The number of urea groups is 1. The second-order valence-electron chi connectivity index (χ2n) is 4.64. The molecule has 2 N–H and O–H groups in total. The van der Waals surface area contributed by atoms with Crippen LogP contribution in [0.4, 0.5) is 10.8 Å². The number of aliphatic hydroxyl groups excluding tert-OH is 1. The maximum Gasteiger partial charge on any atom is 0.325 e. The van der Waals surface area contributed by atoms with Gasteiger partial charge in [-0.25, -0.2) is 4.79 Å². The van der Waals surface area contributed by atoms with Crippen molar-refractivity contribution in [2.75, 3.05) is 44.6 Å². The summed E-state index contributed by atoms with van der Waals surface area (Å²) in [6.45, 7) is 7.30. The second-order valence-corrected chi connectivity index (χ2v) is 4.64. The average Bonchev–Trinajstić information content (AvgIpc) is 2.69. The smallest absolute Gasteiger partial charge is 0.325 e. The Bertz CT molecular complexity index is 419. The van der Waals surface area contributed by atoms with Gasteiger partial charge in [0.2, 0.25) is 0 Å². The van der Waals surface area contributed by atoms with Crippen molar-refractivity contribution in [1.82, 2.24) is 14.8 Å². The van der Waals surface area contributed by atoms with Crippen LogP contribution >= 0.6 is 0 Å². The number of hydrogen-bond acceptors (Lipinski definition) is 5. The summed E-state index contributed by atoms with van der Waals surface area (Å²) >= 11 is 0. The SMILES string of the molecule is Cc1nc(NC(=O)N2CCN(CCO)CC2)oc1C. The normalized spacial score (nSPS) is 16.7. The first-order chi connectivity index (χ1) is 9.10. The number of aliphatic hydroxyl groups is 1. The molecule has 1 aromatic rings. The molecule has 1 aromatic heterocycles. The molecule has 1 aliphatic heterocycles. The summed E-state index contributed by atoms with van der Waals surface area (Å²) in [5.41, 5.74) is 0.781. The van der Waals surface area contributed by atoms with Gasteiger partial charge < -0.3 is 14.4 Å². The topological polar surface area (TPSA) is 81.8 Å². The van der Waals surface area contributed by atoms with Crippen molar-refractivity contribution in [2.24, 2.45) is 0 Å². The lowest BCUT2D eigenvalue weighted by atomic mass is 10.3. The van der Waals surface area contributed by atoms with Crippen molar-refractivity contribution in [1.29, 1.82) is 0 Å². The zero-order chi connectivity index (χ0) is 13.8. The van der Waals surface area contributed by atoms with Crippen molar-refractivity contribution in [3.8, 4) is 0 Å². The van der Waals surface area contributed by atoms with Gasteiger partial charge in [-0.3, -0.25) is 10.2 Å². The van der Waals surface area contributed by atoms with E-state index in [1.165, 1.54) is 0 Å². The quantitative estimate of drug-likeness (QED) is 0.831. The highest BCUT2D eigenvalue weighted by atomic mass is 16.4. The van der Waals surface area contributed by atoms with E-state index < -0.39 is 0 Å². The first kappa shape index (κ1) is 13.8. The number of anilines is 1. The van der Waals surface area contributed by atoms with Gasteiger partial charge in [0.05, 0.1) is 12.3 Å². The van der Waals surface area contributed by atoms with E-state index in [0.717, 1.165) is 18.8 Å². The van der Waals surface area contributed by atoms with Gasteiger partial charge in [-0.1, -0.05) is 0 Å². The Labute approximate surface area is 112 Å². The van der Waals surface area contributed by atoms with Gasteiger partial charge in [-0.15, -0.1) is 0 Å². The molecule has 1 saturated heterocycles. The minimum Gasteiger partial charge on any atom is -0.428 e. The van der Waals surface area contributed by atoms with Crippen LogP contribution in [0, 0.1) is 13.8 Å². The van der Waals surface area contributed by atoms with Gasteiger partial charge in [-0.2, -0.15) is 4.98 Å². The third-order valence-electron chi connectivity index (χ3n) is 3.32. The fourth-order valence-electron chi connectivity index (χ4n) is 2.01. The van der Waals surface area contributed by atoms with E-state index in [2.05, 4.69) is 15.2 Å². The zero-order valence-corrected chi connectivity index (χ0v) is 11.3. The Hall–Kier alpha value is -1.60. The minimum absolute atomic E-state index is 0.154. The van der Waals surface area contributed by atoms with Crippen LogP contribution in [0.1, 0.15) is 11.5 Å². The number of carbonyl (C=O) groups is 1.